The molecule has 17 heavy (non-hydrogen) atoms. The van der Waals surface area contributed by atoms with Crippen molar-refractivity contribution in [3.05, 3.63) is 35.4 Å². The number of alkyl halides is 2. The van der Waals surface area contributed by atoms with E-state index in [2.05, 4.69) is 11.4 Å². The summed E-state index contributed by atoms with van der Waals surface area (Å²) in [5, 5.41) is 3.16. The molecular formula is C13H20F2N2. The summed E-state index contributed by atoms with van der Waals surface area (Å²) in [6.07, 6.45) is -2.28. The SMILES string of the molecule is CNC(CN(C)CC(F)F)c1cccc(C)c1. The highest BCUT2D eigenvalue weighted by atomic mass is 19.3. The van der Waals surface area contributed by atoms with E-state index >= 15 is 0 Å². The molecule has 0 aliphatic heterocycles. The molecule has 0 amide bonds. The van der Waals surface area contributed by atoms with Gasteiger partial charge in [-0.1, -0.05) is 29.8 Å². The summed E-state index contributed by atoms with van der Waals surface area (Å²) in [6, 6.07) is 8.20. The van der Waals surface area contributed by atoms with E-state index in [0.29, 0.717) is 6.54 Å². The first kappa shape index (κ1) is 14.1. The largest absolute Gasteiger partial charge is 0.312 e. The average Bonchev–Trinajstić information content (AvgIpc) is 2.24. The molecule has 0 heterocycles. The molecule has 0 fully saturated rings. The van der Waals surface area contributed by atoms with Gasteiger partial charge in [0.15, 0.2) is 0 Å². The number of aryl methyl sites for hydroxylation is 1. The van der Waals surface area contributed by atoms with Crippen LogP contribution in [0.3, 0.4) is 0 Å². The van der Waals surface area contributed by atoms with Crippen LogP contribution >= 0.6 is 0 Å². The Morgan fingerprint density at radius 1 is 1.29 bits per heavy atom. The third-order valence-electron chi connectivity index (χ3n) is 2.74. The van der Waals surface area contributed by atoms with Gasteiger partial charge in [-0.25, -0.2) is 8.78 Å². The van der Waals surface area contributed by atoms with Crippen molar-refractivity contribution in [2.45, 2.75) is 19.4 Å². The summed E-state index contributed by atoms with van der Waals surface area (Å²) in [7, 11) is 3.56. The van der Waals surface area contributed by atoms with Crippen LogP contribution in [0.4, 0.5) is 8.78 Å². The lowest BCUT2D eigenvalue weighted by molar-refractivity contribution is 0.0963. The van der Waals surface area contributed by atoms with Crippen molar-refractivity contribution in [1.82, 2.24) is 10.2 Å². The van der Waals surface area contributed by atoms with E-state index in [1.165, 1.54) is 5.56 Å². The zero-order chi connectivity index (χ0) is 12.8. The normalized spacial score (nSPS) is 13.4. The molecule has 1 rings (SSSR count). The number of halogens is 2. The summed E-state index contributed by atoms with van der Waals surface area (Å²) in [5.41, 5.74) is 2.31. The Morgan fingerprint density at radius 2 is 2.00 bits per heavy atom. The minimum atomic E-state index is -2.28. The van der Waals surface area contributed by atoms with Crippen molar-refractivity contribution >= 4 is 0 Å². The van der Waals surface area contributed by atoms with Crippen molar-refractivity contribution in [1.29, 1.82) is 0 Å². The second-order valence-corrected chi connectivity index (χ2v) is 4.37. The third-order valence-corrected chi connectivity index (χ3v) is 2.74. The van der Waals surface area contributed by atoms with Gasteiger partial charge < -0.3 is 5.32 Å². The van der Waals surface area contributed by atoms with Gasteiger partial charge in [-0.2, -0.15) is 0 Å². The lowest BCUT2D eigenvalue weighted by atomic mass is 10.0. The zero-order valence-corrected chi connectivity index (χ0v) is 10.6. The number of nitrogens with zero attached hydrogens (tertiary/aromatic N) is 1. The van der Waals surface area contributed by atoms with Gasteiger partial charge in [-0.05, 0) is 26.6 Å². The van der Waals surface area contributed by atoms with Crippen molar-refractivity contribution in [3.63, 3.8) is 0 Å². The molecule has 0 aromatic heterocycles. The van der Waals surface area contributed by atoms with Crippen LogP contribution in [0.25, 0.3) is 0 Å². The maximum absolute atomic E-state index is 12.2. The fraction of sp³-hybridized carbons (Fsp3) is 0.538. The Morgan fingerprint density at radius 3 is 2.53 bits per heavy atom. The predicted octanol–water partition coefficient (Wildman–Crippen LogP) is 2.45. The molecule has 1 unspecified atom stereocenters. The van der Waals surface area contributed by atoms with Crippen molar-refractivity contribution in [2.75, 3.05) is 27.2 Å². The van der Waals surface area contributed by atoms with Crippen LogP contribution in [0.2, 0.25) is 0 Å². The molecule has 0 saturated carbocycles. The van der Waals surface area contributed by atoms with Crippen molar-refractivity contribution in [3.8, 4) is 0 Å². The lowest BCUT2D eigenvalue weighted by Crippen LogP contribution is -2.34. The lowest BCUT2D eigenvalue weighted by Gasteiger charge is -2.24. The van der Waals surface area contributed by atoms with Gasteiger partial charge >= 0.3 is 0 Å². The Labute approximate surface area is 102 Å². The van der Waals surface area contributed by atoms with Gasteiger partial charge in [0.25, 0.3) is 6.43 Å². The summed E-state index contributed by atoms with van der Waals surface area (Å²) >= 11 is 0. The summed E-state index contributed by atoms with van der Waals surface area (Å²) in [5.74, 6) is 0. The van der Waals surface area contributed by atoms with Crippen molar-refractivity contribution in [2.24, 2.45) is 0 Å². The van der Waals surface area contributed by atoms with Crippen LogP contribution < -0.4 is 5.32 Å². The molecular weight excluding hydrogens is 222 g/mol. The van der Waals surface area contributed by atoms with Gasteiger partial charge in [0.05, 0.1) is 6.54 Å². The molecule has 96 valence electrons. The molecule has 2 nitrogen and oxygen atoms in total. The highest BCUT2D eigenvalue weighted by Gasteiger charge is 2.14. The third kappa shape index (κ3) is 4.79. The summed E-state index contributed by atoms with van der Waals surface area (Å²) in [4.78, 5) is 1.65. The second kappa shape index (κ2) is 6.67. The molecule has 4 heteroatoms. The highest BCUT2D eigenvalue weighted by Crippen LogP contribution is 2.15. The van der Waals surface area contributed by atoms with Crippen LogP contribution in [0.15, 0.2) is 24.3 Å². The number of likely N-dealkylation sites (N-methyl/N-ethyl adjacent to an activating group) is 2. The maximum atomic E-state index is 12.2. The first-order chi connectivity index (χ1) is 8.02. The minimum Gasteiger partial charge on any atom is -0.312 e. The monoisotopic (exact) mass is 242 g/mol. The van der Waals surface area contributed by atoms with E-state index in [1.54, 1.807) is 11.9 Å². The molecule has 1 atom stereocenters. The Balaban J connectivity index is 2.65. The number of nitrogens with one attached hydrogen (secondary N) is 1. The van der Waals surface area contributed by atoms with E-state index in [-0.39, 0.29) is 12.6 Å². The first-order valence-corrected chi connectivity index (χ1v) is 5.73. The van der Waals surface area contributed by atoms with E-state index in [1.807, 2.05) is 32.2 Å². The fourth-order valence-electron chi connectivity index (χ4n) is 1.87. The van der Waals surface area contributed by atoms with Crippen LogP contribution in [0, 0.1) is 6.92 Å². The van der Waals surface area contributed by atoms with Gasteiger partial charge in [-0.3, -0.25) is 4.90 Å². The van der Waals surface area contributed by atoms with E-state index < -0.39 is 6.43 Å². The second-order valence-electron chi connectivity index (χ2n) is 4.37. The molecule has 0 aliphatic rings. The predicted molar refractivity (Wildman–Crippen MR) is 66.5 cm³/mol. The van der Waals surface area contributed by atoms with Crippen molar-refractivity contribution < 1.29 is 8.78 Å². The minimum absolute atomic E-state index is 0.0821. The van der Waals surface area contributed by atoms with Gasteiger partial charge in [-0.15, -0.1) is 0 Å². The Bertz CT molecular complexity index is 342. The first-order valence-electron chi connectivity index (χ1n) is 5.73. The molecule has 1 aromatic carbocycles. The zero-order valence-electron chi connectivity index (χ0n) is 10.6. The van der Waals surface area contributed by atoms with Gasteiger partial charge in [0, 0.05) is 12.6 Å². The van der Waals surface area contributed by atoms with Gasteiger partial charge in [0.1, 0.15) is 0 Å². The van der Waals surface area contributed by atoms with E-state index in [9.17, 15) is 8.78 Å². The quantitative estimate of drug-likeness (QED) is 0.824. The van der Waals surface area contributed by atoms with E-state index in [4.69, 9.17) is 0 Å². The molecule has 0 bridgehead atoms. The molecule has 0 saturated heterocycles. The Kier molecular flexibility index (Phi) is 5.51. The molecule has 1 N–H and O–H groups in total. The Hall–Kier alpha value is -1.00. The average molecular weight is 242 g/mol. The van der Waals surface area contributed by atoms with Crippen LogP contribution in [0.1, 0.15) is 17.2 Å². The number of benzene rings is 1. The number of hydrogen-bond donors (Lipinski definition) is 1. The number of hydrogen-bond acceptors (Lipinski definition) is 2. The molecule has 0 spiro atoms. The molecule has 0 radical (unpaired) electrons. The van der Waals surface area contributed by atoms with Crippen LogP contribution in [-0.4, -0.2) is 38.5 Å². The smallest absolute Gasteiger partial charge is 0.251 e. The van der Waals surface area contributed by atoms with Gasteiger partial charge in [0.2, 0.25) is 0 Å². The fourth-order valence-corrected chi connectivity index (χ4v) is 1.87. The number of rotatable bonds is 6. The summed E-state index contributed by atoms with van der Waals surface area (Å²) in [6.45, 7) is 2.41. The summed E-state index contributed by atoms with van der Waals surface area (Å²) < 4.78 is 24.5. The molecule has 0 aliphatic carbocycles. The molecule has 1 aromatic rings. The maximum Gasteiger partial charge on any atom is 0.251 e. The highest BCUT2D eigenvalue weighted by molar-refractivity contribution is 5.25. The topological polar surface area (TPSA) is 15.3 Å². The van der Waals surface area contributed by atoms with E-state index in [0.717, 1.165) is 5.56 Å². The van der Waals surface area contributed by atoms with Crippen LogP contribution in [-0.2, 0) is 0 Å². The standard InChI is InChI=1S/C13H20F2N2/c1-10-5-4-6-11(7-10)12(16-2)8-17(3)9-13(14)15/h4-7,12-13,16H,8-9H2,1-3H3. The van der Waals surface area contributed by atoms with Crippen LogP contribution in [0.5, 0.6) is 0 Å².